The Morgan fingerprint density at radius 1 is 0.805 bits per heavy atom. The van der Waals surface area contributed by atoms with Crippen molar-refractivity contribution in [1.29, 1.82) is 0 Å². The molecule has 210 valence electrons. The highest BCUT2D eigenvalue weighted by molar-refractivity contribution is 7.88. The van der Waals surface area contributed by atoms with Crippen molar-refractivity contribution in [3.63, 3.8) is 0 Å². The Labute approximate surface area is 243 Å². The van der Waals surface area contributed by atoms with E-state index in [1.165, 1.54) is 5.69 Å². The minimum Gasteiger partial charge on any atom is -0.372 e. The molecule has 1 unspecified atom stereocenters. The van der Waals surface area contributed by atoms with Crippen molar-refractivity contribution in [2.24, 2.45) is 0 Å². The molecule has 2 heterocycles. The molecule has 0 bridgehead atoms. The monoisotopic (exact) mass is 563 g/mol. The van der Waals surface area contributed by atoms with Crippen molar-refractivity contribution in [3.8, 4) is 11.1 Å². The number of aromatic amines is 1. The number of fused-ring (bicyclic) bond motifs is 2. The maximum Gasteiger partial charge on any atom is 0.219 e. The second-order valence-corrected chi connectivity index (χ2v) is 12.9. The number of anilines is 1. The van der Waals surface area contributed by atoms with Crippen LogP contribution in [-0.2, 0) is 22.3 Å². The molecule has 0 amide bonds. The first kappa shape index (κ1) is 27.3. The van der Waals surface area contributed by atoms with Crippen LogP contribution in [0.25, 0.3) is 22.0 Å². The van der Waals surface area contributed by atoms with Gasteiger partial charge in [0.15, 0.2) is 0 Å². The lowest BCUT2D eigenvalue weighted by Gasteiger charge is -2.25. The summed E-state index contributed by atoms with van der Waals surface area (Å²) in [7, 11) is -3.62. The summed E-state index contributed by atoms with van der Waals surface area (Å²) in [6.07, 6.45) is 4.18. The number of benzene rings is 4. The van der Waals surface area contributed by atoms with Gasteiger partial charge in [-0.25, -0.2) is 8.42 Å². The van der Waals surface area contributed by atoms with Gasteiger partial charge in [0.25, 0.3) is 0 Å². The number of hydrogen-bond donors (Lipinski definition) is 1. The number of nitrogens with one attached hydrogen (secondary N) is 1. The van der Waals surface area contributed by atoms with E-state index in [0.29, 0.717) is 6.54 Å². The van der Waals surface area contributed by atoms with Gasteiger partial charge < -0.3 is 9.88 Å². The van der Waals surface area contributed by atoms with Crippen LogP contribution in [0.2, 0.25) is 0 Å². The zero-order valence-corrected chi connectivity index (χ0v) is 24.6. The molecule has 5 aromatic rings. The molecular formula is C35H37N3O2S. The van der Waals surface area contributed by atoms with E-state index in [9.17, 15) is 8.42 Å². The molecule has 6 heteroatoms. The second kappa shape index (κ2) is 11.6. The van der Waals surface area contributed by atoms with Crippen LogP contribution in [0.5, 0.6) is 0 Å². The summed E-state index contributed by atoms with van der Waals surface area (Å²) in [5.41, 5.74) is 8.36. The third kappa shape index (κ3) is 5.42. The molecule has 0 aliphatic carbocycles. The molecule has 6 rings (SSSR count). The second-order valence-electron chi connectivity index (χ2n) is 10.9. The van der Waals surface area contributed by atoms with Crippen LogP contribution in [0.4, 0.5) is 5.69 Å². The van der Waals surface area contributed by atoms with E-state index in [-0.39, 0.29) is 5.75 Å². The largest absolute Gasteiger partial charge is 0.372 e. The maximum absolute atomic E-state index is 14.0. The molecule has 0 saturated heterocycles. The topological polar surface area (TPSA) is 56.4 Å². The van der Waals surface area contributed by atoms with Crippen LogP contribution in [0.15, 0.2) is 103 Å². The maximum atomic E-state index is 14.0. The lowest BCUT2D eigenvalue weighted by atomic mass is 9.94. The molecule has 1 aliphatic rings. The predicted octanol–water partition coefficient (Wildman–Crippen LogP) is 7.90. The number of rotatable bonds is 10. The molecule has 0 radical (unpaired) electrons. The Balaban J connectivity index is 1.44. The van der Waals surface area contributed by atoms with Gasteiger partial charge in [-0.15, -0.1) is 0 Å². The fraction of sp³-hybridized carbons (Fsp3) is 0.257. The summed E-state index contributed by atoms with van der Waals surface area (Å²) in [5, 5.41) is 1.05. The van der Waals surface area contributed by atoms with Gasteiger partial charge in [-0.1, -0.05) is 86.6 Å². The smallest absolute Gasteiger partial charge is 0.219 e. The fourth-order valence-electron chi connectivity index (χ4n) is 6.15. The highest BCUT2D eigenvalue weighted by Crippen LogP contribution is 2.45. The molecule has 1 aliphatic heterocycles. The average Bonchev–Trinajstić information content (AvgIpc) is 3.59. The van der Waals surface area contributed by atoms with Gasteiger partial charge in [-0.05, 0) is 64.9 Å². The third-order valence-corrected chi connectivity index (χ3v) is 9.80. The molecule has 41 heavy (non-hydrogen) atoms. The first-order chi connectivity index (χ1) is 20.0. The molecule has 1 atom stereocenters. The zero-order valence-electron chi connectivity index (χ0n) is 23.8. The Kier molecular flexibility index (Phi) is 7.69. The first-order valence-corrected chi connectivity index (χ1v) is 16.2. The van der Waals surface area contributed by atoms with Crippen LogP contribution in [0.1, 0.15) is 55.0 Å². The van der Waals surface area contributed by atoms with Crippen LogP contribution < -0.4 is 4.90 Å². The van der Waals surface area contributed by atoms with E-state index >= 15 is 0 Å². The van der Waals surface area contributed by atoms with Crippen LogP contribution in [-0.4, -0.2) is 30.8 Å². The minimum absolute atomic E-state index is 0.0275. The Bertz CT molecular complexity index is 1760. The van der Waals surface area contributed by atoms with Crippen molar-refractivity contribution in [1.82, 2.24) is 9.29 Å². The summed E-state index contributed by atoms with van der Waals surface area (Å²) in [5.74, 6) is -0.0275. The molecule has 0 spiro atoms. The van der Waals surface area contributed by atoms with Crippen molar-refractivity contribution in [2.45, 2.75) is 45.0 Å². The number of aromatic nitrogens is 1. The van der Waals surface area contributed by atoms with E-state index in [1.807, 2.05) is 54.7 Å². The summed E-state index contributed by atoms with van der Waals surface area (Å²) < 4.78 is 29.7. The fourth-order valence-corrected chi connectivity index (χ4v) is 7.81. The van der Waals surface area contributed by atoms with E-state index in [4.69, 9.17) is 0 Å². The molecule has 0 saturated carbocycles. The average molecular weight is 564 g/mol. The Morgan fingerprint density at radius 3 is 2.32 bits per heavy atom. The minimum atomic E-state index is -3.62. The highest BCUT2D eigenvalue weighted by atomic mass is 32.2. The van der Waals surface area contributed by atoms with Crippen LogP contribution >= 0.6 is 0 Å². The van der Waals surface area contributed by atoms with Gasteiger partial charge >= 0.3 is 0 Å². The van der Waals surface area contributed by atoms with Gasteiger partial charge in [0.05, 0.1) is 11.8 Å². The number of para-hydroxylation sites is 1. The summed E-state index contributed by atoms with van der Waals surface area (Å²) in [6.45, 7) is 6.84. The predicted molar refractivity (Wildman–Crippen MR) is 169 cm³/mol. The molecule has 1 N–H and O–H groups in total. The summed E-state index contributed by atoms with van der Waals surface area (Å²) >= 11 is 0. The molecule has 1 aromatic heterocycles. The van der Waals surface area contributed by atoms with Gasteiger partial charge in [-0.3, -0.25) is 0 Å². The number of H-pyrrole nitrogens is 1. The zero-order chi connectivity index (χ0) is 28.4. The summed E-state index contributed by atoms with van der Waals surface area (Å²) in [4.78, 5) is 5.83. The van der Waals surface area contributed by atoms with E-state index < -0.39 is 16.1 Å². The van der Waals surface area contributed by atoms with E-state index in [1.54, 1.807) is 4.31 Å². The molecular weight excluding hydrogens is 526 g/mol. The number of nitrogens with zero attached hydrogens (tertiary/aromatic N) is 2. The molecule has 5 nitrogen and oxygen atoms in total. The lowest BCUT2D eigenvalue weighted by Crippen LogP contribution is -2.31. The summed E-state index contributed by atoms with van der Waals surface area (Å²) in [6, 6.07) is 32.4. The normalized spacial score (nSPS) is 15.3. The standard InChI is InChI=1S/C35H37N3O2S/c1-3-19-37(20-4-2)30-14-10-13-27(21-30)28-17-18-29-24-38(41(39,40)25-26-11-6-5-7-12-26)35(32(29)22-28)33-23-36-34-16-9-8-15-31(33)34/h5-18,21-23,35-36H,3-4,19-20,24-25H2,1-2H3. The van der Waals surface area contributed by atoms with Crippen molar-refractivity contribution < 1.29 is 8.42 Å². The van der Waals surface area contributed by atoms with Crippen molar-refractivity contribution in [3.05, 3.63) is 126 Å². The Hall–Kier alpha value is -3.87. The molecule has 0 fully saturated rings. The number of sulfonamides is 1. The van der Waals surface area contributed by atoms with Gasteiger partial charge in [0.1, 0.15) is 0 Å². The van der Waals surface area contributed by atoms with Crippen LogP contribution in [0.3, 0.4) is 0 Å². The third-order valence-electron chi connectivity index (χ3n) is 8.05. The lowest BCUT2D eigenvalue weighted by molar-refractivity contribution is 0.388. The van der Waals surface area contributed by atoms with Crippen molar-refractivity contribution >= 4 is 26.6 Å². The van der Waals surface area contributed by atoms with Gasteiger partial charge in [0.2, 0.25) is 10.0 Å². The molecule has 4 aromatic carbocycles. The van der Waals surface area contributed by atoms with Gasteiger partial charge in [-0.2, -0.15) is 4.31 Å². The first-order valence-electron chi connectivity index (χ1n) is 14.6. The van der Waals surface area contributed by atoms with E-state index in [0.717, 1.165) is 70.2 Å². The highest BCUT2D eigenvalue weighted by Gasteiger charge is 2.40. The SMILES string of the molecule is CCCN(CCC)c1cccc(-c2ccc3c(c2)C(c2c[nH]c4ccccc24)N(S(=O)(=O)Cc2ccccc2)C3)c1. The van der Waals surface area contributed by atoms with E-state index in [2.05, 4.69) is 72.3 Å². The van der Waals surface area contributed by atoms with Crippen molar-refractivity contribution in [2.75, 3.05) is 18.0 Å². The quantitative estimate of drug-likeness (QED) is 0.188. The van der Waals surface area contributed by atoms with Gasteiger partial charge in [0, 0.05) is 48.0 Å². The Morgan fingerprint density at radius 2 is 1.54 bits per heavy atom. The van der Waals surface area contributed by atoms with Crippen LogP contribution in [0, 0.1) is 0 Å². The number of hydrogen-bond acceptors (Lipinski definition) is 3.